The van der Waals surface area contributed by atoms with Crippen LogP contribution in [-0.4, -0.2) is 18.7 Å². The number of hydrogen-bond acceptors (Lipinski definition) is 2. The third kappa shape index (κ3) is 4.00. The first-order valence-electron chi connectivity index (χ1n) is 5.13. The Morgan fingerprint density at radius 2 is 2.12 bits per heavy atom. The third-order valence-corrected chi connectivity index (χ3v) is 2.88. The molecule has 0 aromatic heterocycles. The van der Waals surface area contributed by atoms with Crippen LogP contribution in [0.3, 0.4) is 0 Å². The van der Waals surface area contributed by atoms with E-state index < -0.39 is 0 Å². The third-order valence-electron chi connectivity index (χ3n) is 2.14. The van der Waals surface area contributed by atoms with E-state index in [4.69, 9.17) is 6.42 Å². The normalized spacial score (nSPS) is 9.50. The molecule has 0 atom stereocenters. The number of unbranched alkanes of at least 4 members (excludes halogenated alkanes) is 1. The van der Waals surface area contributed by atoms with Crippen molar-refractivity contribution in [1.82, 2.24) is 5.32 Å². The van der Waals surface area contributed by atoms with E-state index in [-0.39, 0.29) is 5.91 Å². The first-order chi connectivity index (χ1) is 7.77. The molecule has 0 radical (unpaired) electrons. The van der Waals surface area contributed by atoms with Crippen LogP contribution in [0, 0.1) is 12.3 Å². The number of benzene rings is 1. The van der Waals surface area contributed by atoms with Gasteiger partial charge in [-0.2, -0.15) is 0 Å². The van der Waals surface area contributed by atoms with Gasteiger partial charge in [0, 0.05) is 23.4 Å². The summed E-state index contributed by atoms with van der Waals surface area (Å²) in [5.41, 5.74) is 0.693. The number of thioether (sulfide) groups is 1. The van der Waals surface area contributed by atoms with Gasteiger partial charge in [-0.05, 0) is 36.9 Å². The van der Waals surface area contributed by atoms with Gasteiger partial charge in [0.1, 0.15) is 0 Å². The molecule has 1 amide bonds. The molecule has 0 unspecified atom stereocenters. The quantitative estimate of drug-likeness (QED) is 0.481. The van der Waals surface area contributed by atoms with Gasteiger partial charge in [0.2, 0.25) is 0 Å². The van der Waals surface area contributed by atoms with Crippen LogP contribution in [0.15, 0.2) is 29.2 Å². The van der Waals surface area contributed by atoms with Gasteiger partial charge in [0.05, 0.1) is 0 Å². The Morgan fingerprint density at radius 3 is 2.69 bits per heavy atom. The SMILES string of the molecule is C#CCCCNC(=O)c1ccc(SC)cc1. The summed E-state index contributed by atoms with van der Waals surface area (Å²) >= 11 is 1.66. The van der Waals surface area contributed by atoms with Crippen molar-refractivity contribution in [2.45, 2.75) is 17.7 Å². The molecule has 16 heavy (non-hydrogen) atoms. The summed E-state index contributed by atoms with van der Waals surface area (Å²) < 4.78 is 0. The molecule has 0 bridgehead atoms. The molecular formula is C13H15NOS. The van der Waals surface area contributed by atoms with E-state index in [0.29, 0.717) is 18.5 Å². The Labute approximate surface area is 101 Å². The minimum atomic E-state index is -0.0373. The van der Waals surface area contributed by atoms with Gasteiger partial charge in [-0.25, -0.2) is 0 Å². The second-order valence-electron chi connectivity index (χ2n) is 3.29. The highest BCUT2D eigenvalue weighted by Gasteiger charge is 2.03. The largest absolute Gasteiger partial charge is 0.352 e. The summed E-state index contributed by atoms with van der Waals surface area (Å²) in [7, 11) is 0. The summed E-state index contributed by atoms with van der Waals surface area (Å²) in [6.45, 7) is 0.632. The van der Waals surface area contributed by atoms with Gasteiger partial charge in [0.25, 0.3) is 5.91 Å². The molecule has 0 spiro atoms. The van der Waals surface area contributed by atoms with Gasteiger partial charge in [0.15, 0.2) is 0 Å². The Hall–Kier alpha value is -1.40. The fourth-order valence-corrected chi connectivity index (χ4v) is 1.65. The molecule has 3 heteroatoms. The molecule has 1 rings (SSSR count). The summed E-state index contributed by atoms with van der Waals surface area (Å²) in [6, 6.07) is 7.56. The molecule has 84 valence electrons. The topological polar surface area (TPSA) is 29.1 Å². The fourth-order valence-electron chi connectivity index (χ4n) is 1.24. The summed E-state index contributed by atoms with van der Waals surface area (Å²) in [5.74, 6) is 2.50. The van der Waals surface area contributed by atoms with Crippen molar-refractivity contribution in [2.24, 2.45) is 0 Å². The zero-order valence-electron chi connectivity index (χ0n) is 9.32. The van der Waals surface area contributed by atoms with Gasteiger partial charge in [-0.1, -0.05) is 0 Å². The molecule has 1 aromatic rings. The molecule has 1 aromatic carbocycles. The molecule has 0 aliphatic carbocycles. The number of hydrogen-bond donors (Lipinski definition) is 1. The van der Waals surface area contributed by atoms with Crippen LogP contribution in [0.5, 0.6) is 0 Å². The Bertz CT molecular complexity index is 378. The van der Waals surface area contributed by atoms with E-state index >= 15 is 0 Å². The number of amides is 1. The van der Waals surface area contributed by atoms with Crippen LogP contribution < -0.4 is 5.32 Å². The Morgan fingerprint density at radius 1 is 1.44 bits per heavy atom. The molecule has 0 heterocycles. The van der Waals surface area contributed by atoms with Crippen molar-refractivity contribution in [3.63, 3.8) is 0 Å². The van der Waals surface area contributed by atoms with E-state index in [1.165, 1.54) is 0 Å². The van der Waals surface area contributed by atoms with E-state index in [0.717, 1.165) is 11.3 Å². The van der Waals surface area contributed by atoms with Crippen LogP contribution in [0.1, 0.15) is 23.2 Å². The number of carbonyl (C=O) groups excluding carboxylic acids is 1. The zero-order valence-corrected chi connectivity index (χ0v) is 10.1. The molecule has 0 aliphatic rings. The van der Waals surface area contributed by atoms with E-state index in [1.807, 2.05) is 30.5 Å². The Kier molecular flexibility index (Phi) is 5.52. The fraction of sp³-hybridized carbons (Fsp3) is 0.308. The monoisotopic (exact) mass is 233 g/mol. The summed E-state index contributed by atoms with van der Waals surface area (Å²) in [5, 5.41) is 2.83. The van der Waals surface area contributed by atoms with Crippen LogP contribution >= 0.6 is 11.8 Å². The van der Waals surface area contributed by atoms with Crippen molar-refractivity contribution < 1.29 is 4.79 Å². The number of nitrogens with one attached hydrogen (secondary N) is 1. The minimum absolute atomic E-state index is 0.0373. The second-order valence-corrected chi connectivity index (χ2v) is 4.17. The summed E-state index contributed by atoms with van der Waals surface area (Å²) in [6.07, 6.45) is 8.66. The van der Waals surface area contributed by atoms with Crippen molar-refractivity contribution in [2.75, 3.05) is 12.8 Å². The van der Waals surface area contributed by atoms with Crippen molar-refractivity contribution in [3.05, 3.63) is 29.8 Å². The van der Waals surface area contributed by atoms with E-state index in [2.05, 4.69) is 11.2 Å². The maximum Gasteiger partial charge on any atom is 0.251 e. The average Bonchev–Trinajstić information content (AvgIpc) is 2.34. The van der Waals surface area contributed by atoms with E-state index in [9.17, 15) is 4.79 Å². The minimum Gasteiger partial charge on any atom is -0.352 e. The highest BCUT2D eigenvalue weighted by molar-refractivity contribution is 7.98. The van der Waals surface area contributed by atoms with E-state index in [1.54, 1.807) is 11.8 Å². The first-order valence-corrected chi connectivity index (χ1v) is 6.36. The van der Waals surface area contributed by atoms with Crippen LogP contribution in [0.4, 0.5) is 0 Å². The first kappa shape index (κ1) is 12.7. The van der Waals surface area contributed by atoms with Gasteiger partial charge in [-0.3, -0.25) is 4.79 Å². The standard InChI is InChI=1S/C13H15NOS/c1-3-4-5-10-14-13(15)11-6-8-12(16-2)9-7-11/h1,6-9H,4-5,10H2,2H3,(H,14,15). The van der Waals surface area contributed by atoms with Crippen LogP contribution in [0.25, 0.3) is 0 Å². The van der Waals surface area contributed by atoms with Gasteiger partial charge >= 0.3 is 0 Å². The molecule has 0 fully saturated rings. The molecule has 0 saturated carbocycles. The number of rotatable bonds is 5. The maximum atomic E-state index is 11.6. The lowest BCUT2D eigenvalue weighted by atomic mass is 10.2. The predicted octanol–water partition coefficient (Wildman–Crippen LogP) is 2.55. The van der Waals surface area contributed by atoms with Gasteiger partial charge < -0.3 is 5.32 Å². The maximum absolute atomic E-state index is 11.6. The lowest BCUT2D eigenvalue weighted by Crippen LogP contribution is -2.24. The second kappa shape index (κ2) is 6.97. The molecule has 0 aliphatic heterocycles. The highest BCUT2D eigenvalue weighted by atomic mass is 32.2. The highest BCUT2D eigenvalue weighted by Crippen LogP contribution is 2.14. The predicted molar refractivity (Wildman–Crippen MR) is 68.6 cm³/mol. The lowest BCUT2D eigenvalue weighted by Gasteiger charge is -2.04. The molecular weight excluding hydrogens is 218 g/mol. The molecule has 0 saturated heterocycles. The average molecular weight is 233 g/mol. The van der Waals surface area contributed by atoms with Crippen molar-refractivity contribution >= 4 is 17.7 Å². The lowest BCUT2D eigenvalue weighted by molar-refractivity contribution is 0.0953. The van der Waals surface area contributed by atoms with Crippen LogP contribution in [0.2, 0.25) is 0 Å². The zero-order chi connectivity index (χ0) is 11.8. The molecule has 1 N–H and O–H groups in total. The van der Waals surface area contributed by atoms with Crippen molar-refractivity contribution in [3.8, 4) is 12.3 Å². The smallest absolute Gasteiger partial charge is 0.251 e. The Balaban J connectivity index is 2.44. The van der Waals surface area contributed by atoms with Crippen molar-refractivity contribution in [1.29, 1.82) is 0 Å². The molecule has 2 nitrogen and oxygen atoms in total. The summed E-state index contributed by atoms with van der Waals surface area (Å²) in [4.78, 5) is 12.8. The number of carbonyl (C=O) groups is 1. The van der Waals surface area contributed by atoms with Crippen LogP contribution in [-0.2, 0) is 0 Å². The van der Waals surface area contributed by atoms with Gasteiger partial charge in [-0.15, -0.1) is 24.1 Å². The number of terminal acetylenes is 1.